The molecule has 0 radical (unpaired) electrons. The van der Waals surface area contributed by atoms with Gasteiger partial charge in [0.05, 0.1) is 22.4 Å². The molecule has 0 atom stereocenters. The molecule has 7 heteroatoms. The second-order valence-electron chi connectivity index (χ2n) is 6.82. The predicted molar refractivity (Wildman–Crippen MR) is 106 cm³/mol. The summed E-state index contributed by atoms with van der Waals surface area (Å²) in [5, 5.41) is 20.0. The molecule has 0 fully saturated rings. The van der Waals surface area contributed by atoms with Gasteiger partial charge >= 0.3 is 5.97 Å². The molecular formula is C21H16N4O3. The highest BCUT2D eigenvalue weighted by molar-refractivity contribution is 6.02. The van der Waals surface area contributed by atoms with Crippen LogP contribution in [-0.2, 0) is 12.8 Å². The van der Waals surface area contributed by atoms with Crippen LogP contribution in [0.3, 0.4) is 0 Å². The van der Waals surface area contributed by atoms with E-state index in [2.05, 4.69) is 19.9 Å². The highest BCUT2D eigenvalue weighted by atomic mass is 16.4. The average molecular weight is 372 g/mol. The van der Waals surface area contributed by atoms with Crippen molar-refractivity contribution in [2.75, 3.05) is 0 Å². The fraction of sp³-hybridized carbons (Fsp3) is 0.0952. The highest BCUT2D eigenvalue weighted by Gasteiger charge is 2.18. The van der Waals surface area contributed by atoms with Crippen LogP contribution in [-0.4, -0.2) is 36.1 Å². The topological polar surface area (TPSA) is 115 Å². The summed E-state index contributed by atoms with van der Waals surface area (Å²) in [6.45, 7) is 0. The van der Waals surface area contributed by atoms with Crippen LogP contribution in [0.5, 0.6) is 5.75 Å². The number of carbonyl (C=O) groups is 1. The van der Waals surface area contributed by atoms with Gasteiger partial charge in [-0.15, -0.1) is 0 Å². The lowest BCUT2D eigenvalue weighted by molar-refractivity contribution is 0.0696. The molecule has 3 aromatic heterocycles. The fourth-order valence-corrected chi connectivity index (χ4v) is 3.53. The highest BCUT2D eigenvalue weighted by Crippen LogP contribution is 2.29. The molecular weight excluding hydrogens is 356 g/mol. The second-order valence-corrected chi connectivity index (χ2v) is 6.82. The minimum absolute atomic E-state index is 0.174. The van der Waals surface area contributed by atoms with Gasteiger partial charge in [0.1, 0.15) is 5.56 Å². The molecule has 0 saturated carbocycles. The van der Waals surface area contributed by atoms with Gasteiger partial charge in [-0.05, 0) is 61.4 Å². The van der Waals surface area contributed by atoms with Crippen LogP contribution >= 0.6 is 0 Å². The Balaban J connectivity index is 1.89. The Bertz CT molecular complexity index is 1310. The van der Waals surface area contributed by atoms with Crippen molar-refractivity contribution >= 4 is 40.2 Å². The number of rotatable bonds is 1. The van der Waals surface area contributed by atoms with E-state index in [-0.39, 0.29) is 11.3 Å². The first kappa shape index (κ1) is 16.3. The predicted octanol–water partition coefficient (Wildman–Crippen LogP) is 3.67. The lowest BCUT2D eigenvalue weighted by Crippen LogP contribution is -1.94. The van der Waals surface area contributed by atoms with E-state index < -0.39 is 5.97 Å². The van der Waals surface area contributed by atoms with Gasteiger partial charge in [0.25, 0.3) is 0 Å². The standard InChI is InChI=1S/C21H16N4O3/c26-20-18-10-16-6-4-14(24-16)8-12-2-1-11(22-12)7-13-3-5-15(23-13)9-17(25-18)19(20)21(27)28/h1-3,5,7-10,22,25-26H,4,6H2,(H,27,28). The minimum Gasteiger partial charge on any atom is -0.505 e. The Morgan fingerprint density at radius 1 is 0.857 bits per heavy atom. The van der Waals surface area contributed by atoms with Gasteiger partial charge in [-0.2, -0.15) is 0 Å². The van der Waals surface area contributed by atoms with Crippen LogP contribution in [0.2, 0.25) is 0 Å². The number of carboxylic acid groups (broad SMARTS) is 1. The molecule has 0 spiro atoms. The molecule has 0 aliphatic carbocycles. The third-order valence-corrected chi connectivity index (χ3v) is 4.81. The van der Waals surface area contributed by atoms with Crippen molar-refractivity contribution < 1.29 is 15.0 Å². The van der Waals surface area contributed by atoms with Crippen LogP contribution in [0.15, 0.2) is 36.4 Å². The largest absolute Gasteiger partial charge is 0.505 e. The Labute approximate surface area is 159 Å². The smallest absolute Gasteiger partial charge is 0.341 e. The monoisotopic (exact) mass is 372 g/mol. The quantitative estimate of drug-likeness (QED) is 0.407. The van der Waals surface area contributed by atoms with E-state index >= 15 is 0 Å². The number of fused-ring (bicyclic) bond motifs is 8. The summed E-state index contributed by atoms with van der Waals surface area (Å²) in [6.07, 6.45) is 5.16. The SMILES string of the molecule is O=C(O)c1c(O)c2cc3nc(cc4ccc(cc5nc(cc1[nH]2)C=C5)[nH]4)CC3. The first-order valence-corrected chi connectivity index (χ1v) is 8.88. The van der Waals surface area contributed by atoms with Crippen molar-refractivity contribution in [1.29, 1.82) is 0 Å². The number of nitrogens with one attached hydrogen (secondary N) is 2. The molecule has 0 unspecified atom stereocenters. The first-order chi connectivity index (χ1) is 13.5. The molecule has 7 nitrogen and oxygen atoms in total. The maximum atomic E-state index is 11.7. The summed E-state index contributed by atoms with van der Waals surface area (Å²) in [6, 6.07) is 11.2. The van der Waals surface area contributed by atoms with Crippen molar-refractivity contribution in [2.24, 2.45) is 0 Å². The molecule has 5 rings (SSSR count). The number of aryl methyl sites for hydroxylation is 2. The molecule has 28 heavy (non-hydrogen) atoms. The van der Waals surface area contributed by atoms with Crippen LogP contribution in [0, 0.1) is 0 Å². The number of H-pyrrole nitrogens is 2. The minimum atomic E-state index is -1.21. The van der Waals surface area contributed by atoms with Crippen molar-refractivity contribution in [3.8, 4) is 5.75 Å². The van der Waals surface area contributed by atoms with Crippen LogP contribution < -0.4 is 0 Å². The zero-order valence-corrected chi connectivity index (χ0v) is 14.7. The van der Waals surface area contributed by atoms with E-state index in [0.717, 1.165) is 41.0 Å². The number of aromatic amines is 2. The van der Waals surface area contributed by atoms with Crippen molar-refractivity contribution in [1.82, 2.24) is 19.9 Å². The molecule has 5 heterocycles. The van der Waals surface area contributed by atoms with Gasteiger partial charge in [0.2, 0.25) is 0 Å². The third kappa shape index (κ3) is 2.83. The van der Waals surface area contributed by atoms with Gasteiger partial charge < -0.3 is 20.2 Å². The van der Waals surface area contributed by atoms with Gasteiger partial charge in [-0.25, -0.2) is 9.78 Å². The molecule has 138 valence electrons. The normalized spacial score (nSPS) is 13.0. The Hall–Kier alpha value is -3.87. The number of aromatic carboxylic acids is 1. The summed E-state index contributed by atoms with van der Waals surface area (Å²) in [4.78, 5) is 27.1. The van der Waals surface area contributed by atoms with Gasteiger partial charge in [-0.3, -0.25) is 4.98 Å². The Kier molecular flexibility index (Phi) is 3.55. The number of aromatic nitrogens is 4. The van der Waals surface area contributed by atoms with E-state index in [9.17, 15) is 15.0 Å². The summed E-state index contributed by atoms with van der Waals surface area (Å²) >= 11 is 0. The Morgan fingerprint density at radius 3 is 2.29 bits per heavy atom. The van der Waals surface area contributed by atoms with Gasteiger partial charge in [0, 0.05) is 22.4 Å². The number of hydrogen-bond acceptors (Lipinski definition) is 4. The maximum absolute atomic E-state index is 11.7. The second kappa shape index (κ2) is 6.09. The number of hydrogen-bond donors (Lipinski definition) is 4. The van der Waals surface area contributed by atoms with Crippen molar-refractivity contribution in [3.05, 3.63) is 64.7 Å². The first-order valence-electron chi connectivity index (χ1n) is 8.88. The summed E-state index contributed by atoms with van der Waals surface area (Å²) in [5.41, 5.74) is 5.38. The van der Waals surface area contributed by atoms with Crippen molar-refractivity contribution in [3.63, 3.8) is 0 Å². The number of carboxylic acids is 1. The Morgan fingerprint density at radius 2 is 1.54 bits per heavy atom. The summed E-state index contributed by atoms with van der Waals surface area (Å²) < 4.78 is 0. The molecule has 4 N–H and O–H groups in total. The molecule has 2 aliphatic rings. The van der Waals surface area contributed by atoms with E-state index in [4.69, 9.17) is 0 Å². The van der Waals surface area contributed by atoms with Crippen molar-refractivity contribution in [2.45, 2.75) is 12.8 Å². The molecule has 8 bridgehead atoms. The van der Waals surface area contributed by atoms with Gasteiger partial charge in [-0.1, -0.05) is 0 Å². The average Bonchev–Trinajstić information content (AvgIpc) is 3.40. The third-order valence-electron chi connectivity index (χ3n) is 4.81. The van der Waals surface area contributed by atoms with E-state index in [1.165, 1.54) is 0 Å². The molecule has 2 aliphatic heterocycles. The zero-order valence-electron chi connectivity index (χ0n) is 14.7. The zero-order chi connectivity index (χ0) is 19.3. The van der Waals surface area contributed by atoms with Gasteiger partial charge in [0.15, 0.2) is 5.75 Å². The molecule has 0 aromatic carbocycles. The molecule has 0 saturated heterocycles. The van der Waals surface area contributed by atoms with Crippen LogP contribution in [0.25, 0.3) is 34.2 Å². The van der Waals surface area contributed by atoms with E-state index in [0.29, 0.717) is 16.7 Å². The lowest BCUT2D eigenvalue weighted by atomic mass is 10.2. The summed E-state index contributed by atoms with van der Waals surface area (Å²) in [5.74, 6) is -1.50. The van der Waals surface area contributed by atoms with Crippen LogP contribution in [0.1, 0.15) is 33.1 Å². The maximum Gasteiger partial charge on any atom is 0.341 e. The van der Waals surface area contributed by atoms with Crippen LogP contribution in [0.4, 0.5) is 0 Å². The van der Waals surface area contributed by atoms with E-state index in [1.54, 1.807) is 18.2 Å². The molecule has 3 aromatic rings. The van der Waals surface area contributed by atoms with E-state index in [1.807, 2.05) is 30.3 Å². The number of nitrogens with zero attached hydrogens (tertiary/aromatic N) is 2. The fourth-order valence-electron chi connectivity index (χ4n) is 3.53. The molecule has 0 amide bonds. The lowest BCUT2D eigenvalue weighted by Gasteiger charge is -1.91. The summed E-state index contributed by atoms with van der Waals surface area (Å²) in [7, 11) is 0. The number of aromatic hydroxyl groups is 1.